The standard InChI is InChI=1S/C28H31F4N5O5/c1-2-19-18(11-42-36-19)25(38)35-22(14-5-3-4-6-14)24-33-20-8-7-15(21(29)23(20)34-24)16-9-41-10-17(16)26(39)37-12-27(40,13-37)28(30,31)32/h7-8,11,14,16-17,22,40H,2-6,9-10,12-13H2,1H3,(H,33,34)(H,35,38). The van der Waals surface area contributed by atoms with Gasteiger partial charge >= 0.3 is 6.18 Å². The largest absolute Gasteiger partial charge is 0.420 e. The number of likely N-dealkylation sites (tertiary alicyclic amines) is 1. The van der Waals surface area contributed by atoms with Crippen molar-refractivity contribution in [2.75, 3.05) is 26.3 Å². The van der Waals surface area contributed by atoms with Gasteiger partial charge in [0.25, 0.3) is 5.91 Å². The molecule has 2 saturated heterocycles. The molecule has 3 aromatic rings. The molecular formula is C28H31F4N5O5. The van der Waals surface area contributed by atoms with E-state index in [0.29, 0.717) is 29.0 Å². The van der Waals surface area contributed by atoms with Gasteiger partial charge in [0.15, 0.2) is 11.4 Å². The molecule has 2 aromatic heterocycles. The smallest absolute Gasteiger partial charge is 0.380 e. The van der Waals surface area contributed by atoms with Crippen molar-refractivity contribution in [1.82, 2.24) is 25.3 Å². The third-order valence-electron chi connectivity index (χ3n) is 8.86. The fraction of sp³-hybridized carbons (Fsp3) is 0.571. The minimum Gasteiger partial charge on any atom is -0.380 e. The van der Waals surface area contributed by atoms with E-state index in [1.165, 1.54) is 12.3 Å². The number of aromatic amines is 1. The summed E-state index contributed by atoms with van der Waals surface area (Å²) in [6.07, 6.45) is 0.687. The third kappa shape index (κ3) is 4.83. The minimum absolute atomic E-state index is 0.00669. The molecule has 42 heavy (non-hydrogen) atoms. The second kappa shape index (κ2) is 10.6. The summed E-state index contributed by atoms with van der Waals surface area (Å²) in [5.74, 6) is -2.82. The van der Waals surface area contributed by atoms with Crippen molar-refractivity contribution in [2.45, 2.75) is 62.8 Å². The van der Waals surface area contributed by atoms with E-state index in [-0.39, 0.29) is 36.1 Å². The quantitative estimate of drug-likeness (QED) is 0.355. The Morgan fingerprint density at radius 2 is 1.98 bits per heavy atom. The number of aromatic nitrogens is 3. The van der Waals surface area contributed by atoms with Gasteiger partial charge in [-0.1, -0.05) is 31.0 Å². The Morgan fingerprint density at radius 3 is 2.67 bits per heavy atom. The van der Waals surface area contributed by atoms with Gasteiger partial charge in [0.2, 0.25) is 5.91 Å². The number of ether oxygens (including phenoxy) is 1. The molecule has 1 aliphatic carbocycles. The molecule has 1 saturated carbocycles. The van der Waals surface area contributed by atoms with E-state index in [1.807, 2.05) is 6.92 Å². The first-order valence-corrected chi connectivity index (χ1v) is 14.1. The number of aryl methyl sites for hydroxylation is 1. The van der Waals surface area contributed by atoms with Crippen LogP contribution in [0.15, 0.2) is 22.9 Å². The van der Waals surface area contributed by atoms with E-state index in [9.17, 15) is 27.9 Å². The van der Waals surface area contributed by atoms with Gasteiger partial charge in [-0.15, -0.1) is 0 Å². The lowest BCUT2D eigenvalue weighted by atomic mass is 9.84. The Labute approximate surface area is 237 Å². The van der Waals surface area contributed by atoms with Crippen molar-refractivity contribution in [1.29, 1.82) is 0 Å². The molecule has 4 heterocycles. The van der Waals surface area contributed by atoms with E-state index in [4.69, 9.17) is 9.26 Å². The van der Waals surface area contributed by atoms with Crippen LogP contribution in [0.25, 0.3) is 11.0 Å². The SMILES string of the molecule is CCc1nocc1C(=O)NC(c1nc2c(F)c(C3COCC3C(=O)N3CC(O)(C(F)(F)F)C3)ccc2[nH]1)C1CCCC1. The van der Waals surface area contributed by atoms with Crippen molar-refractivity contribution in [3.8, 4) is 0 Å². The summed E-state index contributed by atoms with van der Waals surface area (Å²) in [5.41, 5.74) is -1.47. The highest BCUT2D eigenvalue weighted by atomic mass is 19.4. The molecule has 3 fully saturated rings. The zero-order valence-corrected chi connectivity index (χ0v) is 22.8. The first kappa shape index (κ1) is 28.6. The zero-order chi connectivity index (χ0) is 29.8. The Hall–Kier alpha value is -3.52. The summed E-state index contributed by atoms with van der Waals surface area (Å²) >= 11 is 0. The van der Waals surface area contributed by atoms with Crippen LogP contribution in [-0.4, -0.2) is 75.0 Å². The number of aliphatic hydroxyl groups is 1. The average molecular weight is 594 g/mol. The molecule has 2 amide bonds. The Bertz CT molecular complexity index is 1490. The van der Waals surface area contributed by atoms with Gasteiger partial charge < -0.3 is 29.6 Å². The number of benzene rings is 1. The highest BCUT2D eigenvalue weighted by molar-refractivity contribution is 5.95. The normalized spacial score (nSPS) is 23.3. The maximum Gasteiger partial charge on any atom is 0.420 e. The average Bonchev–Trinajstić information content (AvgIpc) is 3.75. The number of β-amino-alcohol motifs (C(OH)–C–C–N with tert-alkyl or cyclic N) is 1. The van der Waals surface area contributed by atoms with Gasteiger partial charge in [0.1, 0.15) is 23.2 Å². The van der Waals surface area contributed by atoms with Crippen LogP contribution in [0.3, 0.4) is 0 Å². The van der Waals surface area contributed by atoms with E-state index in [0.717, 1.165) is 30.6 Å². The van der Waals surface area contributed by atoms with E-state index in [2.05, 4.69) is 20.4 Å². The summed E-state index contributed by atoms with van der Waals surface area (Å²) in [5, 5.41) is 16.7. The maximum absolute atomic E-state index is 16.0. The summed E-state index contributed by atoms with van der Waals surface area (Å²) in [6.45, 7) is 0.0540. The molecule has 3 aliphatic rings. The Morgan fingerprint density at radius 1 is 1.24 bits per heavy atom. The number of rotatable bonds is 7. The van der Waals surface area contributed by atoms with Crippen LogP contribution in [0.1, 0.15) is 72.0 Å². The summed E-state index contributed by atoms with van der Waals surface area (Å²) < 4.78 is 65.7. The van der Waals surface area contributed by atoms with Crippen molar-refractivity contribution in [3.05, 3.63) is 46.9 Å². The molecule has 3 unspecified atom stereocenters. The van der Waals surface area contributed by atoms with Gasteiger partial charge in [-0.2, -0.15) is 13.2 Å². The van der Waals surface area contributed by atoms with Crippen LogP contribution in [0.2, 0.25) is 0 Å². The molecule has 3 N–H and O–H groups in total. The van der Waals surface area contributed by atoms with Crippen LogP contribution < -0.4 is 5.32 Å². The number of carbonyl (C=O) groups is 2. The second-order valence-corrected chi connectivity index (χ2v) is 11.5. The number of carbonyl (C=O) groups excluding carboxylic acids is 2. The van der Waals surface area contributed by atoms with Crippen LogP contribution in [-0.2, 0) is 16.0 Å². The first-order chi connectivity index (χ1) is 20.0. The van der Waals surface area contributed by atoms with E-state index >= 15 is 4.39 Å². The number of hydrogen-bond acceptors (Lipinski definition) is 7. The van der Waals surface area contributed by atoms with Crippen LogP contribution >= 0.6 is 0 Å². The van der Waals surface area contributed by atoms with E-state index < -0.39 is 54.5 Å². The number of halogens is 4. The molecule has 3 atom stereocenters. The van der Waals surface area contributed by atoms with Crippen molar-refractivity contribution in [2.24, 2.45) is 11.8 Å². The minimum atomic E-state index is -4.85. The number of hydrogen-bond donors (Lipinski definition) is 3. The predicted molar refractivity (Wildman–Crippen MR) is 139 cm³/mol. The molecule has 6 rings (SSSR count). The van der Waals surface area contributed by atoms with Gasteiger partial charge in [0.05, 0.1) is 49.5 Å². The summed E-state index contributed by atoms with van der Waals surface area (Å²) in [7, 11) is 0. The molecule has 0 radical (unpaired) electrons. The molecule has 0 spiro atoms. The first-order valence-electron chi connectivity index (χ1n) is 14.1. The summed E-state index contributed by atoms with van der Waals surface area (Å²) in [6, 6.07) is 2.64. The van der Waals surface area contributed by atoms with Gasteiger partial charge in [-0.25, -0.2) is 9.37 Å². The lowest BCUT2D eigenvalue weighted by Gasteiger charge is -2.47. The topological polar surface area (TPSA) is 134 Å². The maximum atomic E-state index is 16.0. The van der Waals surface area contributed by atoms with Crippen LogP contribution in [0.5, 0.6) is 0 Å². The Kier molecular flexibility index (Phi) is 7.24. The molecular weight excluding hydrogens is 562 g/mol. The zero-order valence-electron chi connectivity index (χ0n) is 22.8. The highest BCUT2D eigenvalue weighted by Crippen LogP contribution is 2.42. The number of fused-ring (bicyclic) bond motifs is 1. The van der Waals surface area contributed by atoms with Crippen molar-refractivity contribution < 1.29 is 41.5 Å². The van der Waals surface area contributed by atoms with Crippen molar-refractivity contribution >= 4 is 22.8 Å². The lowest BCUT2D eigenvalue weighted by Crippen LogP contribution is -2.71. The number of H-pyrrole nitrogens is 1. The lowest BCUT2D eigenvalue weighted by molar-refractivity contribution is -0.298. The number of amides is 2. The number of nitrogens with zero attached hydrogens (tertiary/aromatic N) is 3. The van der Waals surface area contributed by atoms with Crippen molar-refractivity contribution in [3.63, 3.8) is 0 Å². The second-order valence-electron chi connectivity index (χ2n) is 11.5. The van der Waals surface area contributed by atoms with Gasteiger partial charge in [-0.05, 0) is 36.8 Å². The fourth-order valence-electron chi connectivity index (χ4n) is 6.39. The molecule has 0 bridgehead atoms. The number of alkyl halides is 3. The molecule has 2 aliphatic heterocycles. The number of nitrogens with one attached hydrogen (secondary N) is 2. The molecule has 10 nitrogen and oxygen atoms in total. The highest BCUT2D eigenvalue weighted by Gasteiger charge is 2.62. The van der Waals surface area contributed by atoms with Gasteiger partial charge in [0, 0.05) is 5.92 Å². The van der Waals surface area contributed by atoms with Crippen LogP contribution in [0, 0.1) is 17.7 Å². The third-order valence-corrected chi connectivity index (χ3v) is 8.86. The van der Waals surface area contributed by atoms with E-state index in [1.54, 1.807) is 6.07 Å². The fourth-order valence-corrected chi connectivity index (χ4v) is 6.39. The van der Waals surface area contributed by atoms with Gasteiger partial charge in [-0.3, -0.25) is 9.59 Å². The predicted octanol–water partition coefficient (Wildman–Crippen LogP) is 3.78. The van der Waals surface area contributed by atoms with Crippen LogP contribution in [0.4, 0.5) is 17.6 Å². The molecule has 14 heteroatoms. The number of imidazole rings is 1. The monoisotopic (exact) mass is 593 g/mol. The molecule has 1 aromatic carbocycles. The molecule has 226 valence electrons. The summed E-state index contributed by atoms with van der Waals surface area (Å²) in [4.78, 5) is 34.9. The Balaban J connectivity index is 1.26.